The number of carbonyl (C=O) groups excluding carboxylic acids is 1. The molecule has 0 unspecified atom stereocenters. The molecule has 1 amide bonds. The van der Waals surface area contributed by atoms with Crippen LogP contribution in [0.1, 0.15) is 30.5 Å². The molecule has 4 heteroatoms. The molecule has 1 saturated heterocycles. The van der Waals surface area contributed by atoms with Gasteiger partial charge in [0.25, 0.3) is 0 Å². The Bertz CT molecular complexity index is 596. The summed E-state index contributed by atoms with van der Waals surface area (Å²) in [6.45, 7) is 3.86. The fourth-order valence-corrected chi connectivity index (χ4v) is 2.70. The van der Waals surface area contributed by atoms with Gasteiger partial charge in [-0.15, -0.1) is 0 Å². The van der Waals surface area contributed by atoms with E-state index in [4.69, 9.17) is 0 Å². The Kier molecular flexibility index (Phi) is 3.23. The summed E-state index contributed by atoms with van der Waals surface area (Å²) in [5, 5.41) is 0. The molecule has 1 aliphatic rings. The highest BCUT2D eigenvalue weighted by Crippen LogP contribution is 2.13. The zero-order valence-electron chi connectivity index (χ0n) is 11.3. The molecule has 1 aliphatic heterocycles. The number of carbonyl (C=O) groups is 1. The Hall–Kier alpha value is -1.84. The molecule has 0 bridgehead atoms. The maximum Gasteiger partial charge on any atom is 0.228 e. The summed E-state index contributed by atoms with van der Waals surface area (Å²) in [4.78, 5) is 18.7. The van der Waals surface area contributed by atoms with Crippen LogP contribution in [0.15, 0.2) is 24.5 Å². The van der Waals surface area contributed by atoms with E-state index in [1.165, 1.54) is 6.42 Å². The van der Waals surface area contributed by atoms with E-state index in [1.54, 1.807) is 0 Å². The Labute approximate surface area is 113 Å². The first-order chi connectivity index (χ1) is 9.24. The summed E-state index contributed by atoms with van der Waals surface area (Å²) in [6.07, 6.45) is 7.87. The van der Waals surface area contributed by atoms with Crippen molar-refractivity contribution in [2.45, 2.75) is 32.6 Å². The molecule has 2 aromatic rings. The fourth-order valence-electron chi connectivity index (χ4n) is 2.70. The van der Waals surface area contributed by atoms with Crippen molar-refractivity contribution in [3.05, 3.63) is 35.8 Å². The average Bonchev–Trinajstić information content (AvgIpc) is 2.84. The van der Waals surface area contributed by atoms with Crippen LogP contribution in [0.3, 0.4) is 0 Å². The van der Waals surface area contributed by atoms with Crippen LogP contribution >= 0.6 is 0 Å². The van der Waals surface area contributed by atoms with Crippen molar-refractivity contribution < 1.29 is 4.79 Å². The van der Waals surface area contributed by atoms with Crippen molar-refractivity contribution in [2.24, 2.45) is 0 Å². The van der Waals surface area contributed by atoms with Gasteiger partial charge in [0.05, 0.1) is 12.1 Å². The number of nitrogens with zero attached hydrogens (tertiary/aromatic N) is 3. The van der Waals surface area contributed by atoms with Gasteiger partial charge in [-0.1, -0.05) is 6.07 Å². The first-order valence-corrected chi connectivity index (χ1v) is 6.95. The lowest BCUT2D eigenvalue weighted by Gasteiger charge is -2.26. The topological polar surface area (TPSA) is 37.6 Å². The number of hydrogen-bond acceptors (Lipinski definition) is 2. The fraction of sp³-hybridized carbons (Fsp3) is 0.467. The second-order valence-electron chi connectivity index (χ2n) is 5.27. The number of rotatable bonds is 2. The number of likely N-dealkylation sites (tertiary alicyclic amines) is 1. The van der Waals surface area contributed by atoms with Gasteiger partial charge in [-0.3, -0.25) is 4.79 Å². The van der Waals surface area contributed by atoms with Gasteiger partial charge < -0.3 is 9.30 Å². The Morgan fingerprint density at radius 3 is 2.84 bits per heavy atom. The third kappa shape index (κ3) is 2.48. The minimum absolute atomic E-state index is 0.209. The summed E-state index contributed by atoms with van der Waals surface area (Å²) in [5.41, 5.74) is 2.95. The molecular formula is C15H19N3O. The monoisotopic (exact) mass is 257 g/mol. The van der Waals surface area contributed by atoms with Gasteiger partial charge in [0.15, 0.2) is 0 Å². The molecule has 3 rings (SSSR count). The first kappa shape index (κ1) is 12.2. The summed E-state index contributed by atoms with van der Waals surface area (Å²) >= 11 is 0. The molecule has 0 aliphatic carbocycles. The number of amides is 1. The molecule has 0 atom stereocenters. The molecule has 4 nitrogen and oxygen atoms in total. The van der Waals surface area contributed by atoms with Crippen LogP contribution in [0.5, 0.6) is 0 Å². The number of aromatic nitrogens is 2. The quantitative estimate of drug-likeness (QED) is 0.827. The summed E-state index contributed by atoms with van der Waals surface area (Å²) < 4.78 is 1.99. The molecule has 1 fully saturated rings. The first-order valence-electron chi connectivity index (χ1n) is 6.95. The van der Waals surface area contributed by atoms with Gasteiger partial charge in [-0.25, -0.2) is 4.98 Å². The molecule has 2 aromatic heterocycles. The highest BCUT2D eigenvalue weighted by atomic mass is 16.2. The van der Waals surface area contributed by atoms with E-state index >= 15 is 0 Å². The maximum absolute atomic E-state index is 12.2. The van der Waals surface area contributed by atoms with E-state index in [9.17, 15) is 4.79 Å². The lowest BCUT2D eigenvalue weighted by molar-refractivity contribution is -0.131. The van der Waals surface area contributed by atoms with E-state index in [0.717, 1.165) is 42.8 Å². The van der Waals surface area contributed by atoms with Crippen LogP contribution < -0.4 is 0 Å². The second-order valence-corrected chi connectivity index (χ2v) is 5.27. The molecule has 100 valence electrons. The molecule has 0 saturated carbocycles. The smallest absolute Gasteiger partial charge is 0.228 e. The number of imidazole rings is 1. The van der Waals surface area contributed by atoms with E-state index in [0.29, 0.717) is 6.42 Å². The Morgan fingerprint density at radius 2 is 2.11 bits per heavy atom. The van der Waals surface area contributed by atoms with Crippen molar-refractivity contribution in [2.75, 3.05) is 13.1 Å². The predicted molar refractivity (Wildman–Crippen MR) is 74.1 cm³/mol. The molecular weight excluding hydrogens is 238 g/mol. The highest BCUT2D eigenvalue weighted by molar-refractivity contribution is 5.78. The summed E-state index contributed by atoms with van der Waals surface area (Å²) in [5.74, 6) is 0.209. The number of aryl methyl sites for hydroxylation is 1. The molecule has 19 heavy (non-hydrogen) atoms. The third-order valence-corrected chi connectivity index (χ3v) is 3.77. The van der Waals surface area contributed by atoms with Crippen LogP contribution in [-0.4, -0.2) is 33.3 Å². The van der Waals surface area contributed by atoms with Gasteiger partial charge in [0.1, 0.15) is 5.65 Å². The van der Waals surface area contributed by atoms with Crippen molar-refractivity contribution in [1.82, 2.24) is 14.3 Å². The van der Waals surface area contributed by atoms with Crippen molar-refractivity contribution in [3.8, 4) is 0 Å². The van der Waals surface area contributed by atoms with Crippen LogP contribution in [0.4, 0.5) is 0 Å². The lowest BCUT2D eigenvalue weighted by atomic mass is 10.1. The number of pyridine rings is 1. The average molecular weight is 257 g/mol. The molecule has 0 radical (unpaired) electrons. The van der Waals surface area contributed by atoms with Gasteiger partial charge in [0, 0.05) is 25.5 Å². The molecule has 0 spiro atoms. The summed E-state index contributed by atoms with van der Waals surface area (Å²) in [7, 11) is 0. The zero-order valence-corrected chi connectivity index (χ0v) is 11.3. The van der Waals surface area contributed by atoms with Gasteiger partial charge in [-0.2, -0.15) is 0 Å². The van der Waals surface area contributed by atoms with Crippen LogP contribution in [-0.2, 0) is 11.2 Å². The van der Waals surface area contributed by atoms with Gasteiger partial charge in [-0.05, 0) is 37.8 Å². The van der Waals surface area contributed by atoms with Crippen LogP contribution in [0.25, 0.3) is 5.65 Å². The Morgan fingerprint density at radius 1 is 1.32 bits per heavy atom. The minimum atomic E-state index is 0.209. The zero-order chi connectivity index (χ0) is 13.2. The van der Waals surface area contributed by atoms with Crippen LogP contribution in [0, 0.1) is 6.92 Å². The van der Waals surface area contributed by atoms with Crippen molar-refractivity contribution in [3.63, 3.8) is 0 Å². The molecule has 3 heterocycles. The SMILES string of the molecule is Cc1cccn2cc(CC(=O)N3CCCCC3)nc12. The lowest BCUT2D eigenvalue weighted by Crippen LogP contribution is -2.36. The molecule has 0 aromatic carbocycles. The van der Waals surface area contributed by atoms with Crippen LogP contribution in [0.2, 0.25) is 0 Å². The van der Waals surface area contributed by atoms with E-state index in [-0.39, 0.29) is 5.91 Å². The summed E-state index contributed by atoms with van der Waals surface area (Å²) in [6, 6.07) is 4.04. The van der Waals surface area contributed by atoms with E-state index in [2.05, 4.69) is 4.98 Å². The highest BCUT2D eigenvalue weighted by Gasteiger charge is 2.17. The number of hydrogen-bond donors (Lipinski definition) is 0. The molecule has 0 N–H and O–H groups in total. The van der Waals surface area contributed by atoms with E-state index in [1.807, 2.05) is 40.8 Å². The van der Waals surface area contributed by atoms with Crippen molar-refractivity contribution in [1.29, 1.82) is 0 Å². The third-order valence-electron chi connectivity index (χ3n) is 3.77. The normalized spacial score (nSPS) is 15.9. The largest absolute Gasteiger partial charge is 0.342 e. The van der Waals surface area contributed by atoms with E-state index < -0.39 is 0 Å². The maximum atomic E-state index is 12.2. The van der Waals surface area contributed by atoms with Crippen molar-refractivity contribution >= 4 is 11.6 Å². The second kappa shape index (κ2) is 5.03. The number of piperidine rings is 1. The van der Waals surface area contributed by atoms with Gasteiger partial charge >= 0.3 is 0 Å². The minimum Gasteiger partial charge on any atom is -0.342 e. The standard InChI is InChI=1S/C15H19N3O/c1-12-6-5-9-18-11-13(16-15(12)18)10-14(19)17-7-3-2-4-8-17/h5-6,9,11H,2-4,7-8,10H2,1H3. The Balaban J connectivity index is 1.77. The number of fused-ring (bicyclic) bond motifs is 1. The van der Waals surface area contributed by atoms with Gasteiger partial charge in [0.2, 0.25) is 5.91 Å². The predicted octanol–water partition coefficient (Wildman–Crippen LogP) is 2.20.